The van der Waals surface area contributed by atoms with E-state index in [1.807, 2.05) is 0 Å². The van der Waals surface area contributed by atoms with Crippen LogP contribution in [0.4, 0.5) is 4.79 Å². The third-order valence-electron chi connectivity index (χ3n) is 3.10. The molecule has 1 aromatic carbocycles. The van der Waals surface area contributed by atoms with E-state index in [0.717, 1.165) is 0 Å². The van der Waals surface area contributed by atoms with E-state index in [1.54, 1.807) is 39.0 Å². The molecule has 0 radical (unpaired) electrons. The van der Waals surface area contributed by atoms with Gasteiger partial charge in [-0.25, -0.2) is 9.59 Å². The minimum absolute atomic E-state index is 0.171. The van der Waals surface area contributed by atoms with Crippen molar-refractivity contribution in [2.24, 2.45) is 0 Å². The summed E-state index contributed by atoms with van der Waals surface area (Å²) >= 11 is 0. The molecule has 1 fully saturated rings. The Kier molecular flexibility index (Phi) is 3.91. The Morgan fingerprint density at radius 1 is 1.33 bits per heavy atom. The molecule has 1 heterocycles. The molecule has 1 amide bonds. The van der Waals surface area contributed by atoms with Crippen LogP contribution in [0, 0.1) is 0 Å². The summed E-state index contributed by atoms with van der Waals surface area (Å²) in [4.78, 5) is 23.0. The fraction of sp³-hybridized carbons (Fsp3) is 0.467. The van der Waals surface area contributed by atoms with Gasteiger partial charge in [0.05, 0.1) is 18.8 Å². The van der Waals surface area contributed by atoms with Crippen molar-refractivity contribution in [3.8, 4) is 0 Å². The predicted octanol–water partition coefficient (Wildman–Crippen LogP) is 2.13. The van der Waals surface area contributed by atoms with Gasteiger partial charge in [-0.3, -0.25) is 0 Å². The van der Waals surface area contributed by atoms with Gasteiger partial charge < -0.3 is 19.9 Å². The van der Waals surface area contributed by atoms with E-state index < -0.39 is 23.2 Å². The minimum atomic E-state index is -1.01. The molecule has 6 nitrogen and oxygen atoms in total. The number of carboxylic acids is 1. The Morgan fingerprint density at radius 2 is 2.00 bits per heavy atom. The summed E-state index contributed by atoms with van der Waals surface area (Å²) in [6.07, 6.45) is -0.550. The van der Waals surface area contributed by atoms with Gasteiger partial charge in [0.15, 0.2) is 0 Å². The molecular weight excluding hydrogens is 274 g/mol. The number of aromatic carboxylic acids is 1. The lowest BCUT2D eigenvalue weighted by Crippen LogP contribution is -2.60. The molecule has 0 saturated carbocycles. The van der Waals surface area contributed by atoms with Crippen LogP contribution in [0.25, 0.3) is 0 Å². The summed E-state index contributed by atoms with van der Waals surface area (Å²) in [5, 5.41) is 11.8. The standard InChI is InChI=1S/C15H19NO5/c1-14(2,3)21-13(19)16-15(8-20-9-15)11-6-4-5-10(7-11)12(17)18/h4-7H,8-9H2,1-3H3,(H,16,19)(H,17,18). The highest BCUT2D eigenvalue weighted by molar-refractivity contribution is 5.87. The Labute approximate surface area is 123 Å². The van der Waals surface area contributed by atoms with Gasteiger partial charge in [0.1, 0.15) is 11.1 Å². The number of carbonyl (C=O) groups is 2. The first-order valence-electron chi connectivity index (χ1n) is 6.65. The monoisotopic (exact) mass is 293 g/mol. The molecule has 1 aliphatic rings. The van der Waals surface area contributed by atoms with Gasteiger partial charge in [0.2, 0.25) is 0 Å². The van der Waals surface area contributed by atoms with E-state index in [9.17, 15) is 9.59 Å². The average molecular weight is 293 g/mol. The van der Waals surface area contributed by atoms with Crippen LogP contribution in [0.1, 0.15) is 36.7 Å². The molecule has 1 saturated heterocycles. The molecule has 0 spiro atoms. The van der Waals surface area contributed by atoms with Crippen molar-refractivity contribution in [1.82, 2.24) is 5.32 Å². The fourth-order valence-corrected chi connectivity index (χ4v) is 2.07. The molecule has 0 unspecified atom stereocenters. The highest BCUT2D eigenvalue weighted by atomic mass is 16.6. The largest absolute Gasteiger partial charge is 0.478 e. The van der Waals surface area contributed by atoms with E-state index in [-0.39, 0.29) is 18.8 Å². The van der Waals surface area contributed by atoms with Gasteiger partial charge in [-0.05, 0) is 38.5 Å². The molecule has 2 rings (SSSR count). The van der Waals surface area contributed by atoms with Crippen LogP contribution in [0.5, 0.6) is 0 Å². The number of benzene rings is 1. The quantitative estimate of drug-likeness (QED) is 0.891. The number of alkyl carbamates (subject to hydrolysis) is 1. The summed E-state index contributed by atoms with van der Waals surface area (Å²) < 4.78 is 10.5. The number of rotatable bonds is 3. The zero-order chi connectivity index (χ0) is 15.7. The molecule has 0 atom stereocenters. The predicted molar refractivity (Wildman–Crippen MR) is 75.3 cm³/mol. The lowest BCUT2D eigenvalue weighted by Gasteiger charge is -2.42. The van der Waals surface area contributed by atoms with Gasteiger partial charge in [0.25, 0.3) is 0 Å². The molecule has 0 aromatic heterocycles. The van der Waals surface area contributed by atoms with Gasteiger partial charge in [0, 0.05) is 0 Å². The summed E-state index contributed by atoms with van der Waals surface area (Å²) in [6, 6.07) is 6.47. The van der Waals surface area contributed by atoms with Crippen LogP contribution in [0.3, 0.4) is 0 Å². The maximum Gasteiger partial charge on any atom is 0.408 e. The Balaban J connectivity index is 2.20. The van der Waals surface area contributed by atoms with Crippen molar-refractivity contribution in [2.75, 3.05) is 13.2 Å². The summed E-state index contributed by atoms with van der Waals surface area (Å²) in [7, 11) is 0. The van der Waals surface area contributed by atoms with E-state index in [1.165, 1.54) is 6.07 Å². The minimum Gasteiger partial charge on any atom is -0.478 e. The maximum absolute atomic E-state index is 12.0. The van der Waals surface area contributed by atoms with Crippen LogP contribution >= 0.6 is 0 Å². The smallest absolute Gasteiger partial charge is 0.408 e. The average Bonchev–Trinajstić information content (AvgIpc) is 2.31. The van der Waals surface area contributed by atoms with Gasteiger partial charge >= 0.3 is 12.1 Å². The van der Waals surface area contributed by atoms with Crippen LogP contribution in [-0.4, -0.2) is 36.0 Å². The number of nitrogens with one attached hydrogen (secondary N) is 1. The molecule has 0 bridgehead atoms. The molecule has 2 N–H and O–H groups in total. The van der Waals surface area contributed by atoms with Crippen LogP contribution in [0.2, 0.25) is 0 Å². The summed E-state index contributed by atoms with van der Waals surface area (Å²) in [5.74, 6) is -1.01. The second-order valence-corrected chi connectivity index (χ2v) is 6.09. The number of hydrogen-bond donors (Lipinski definition) is 2. The first kappa shape index (κ1) is 15.3. The third kappa shape index (κ3) is 3.52. The van der Waals surface area contributed by atoms with Gasteiger partial charge in [-0.2, -0.15) is 0 Å². The van der Waals surface area contributed by atoms with Crippen molar-refractivity contribution in [2.45, 2.75) is 31.9 Å². The van der Waals surface area contributed by atoms with E-state index in [4.69, 9.17) is 14.6 Å². The molecule has 1 aromatic rings. The zero-order valence-corrected chi connectivity index (χ0v) is 12.3. The van der Waals surface area contributed by atoms with Gasteiger partial charge in [-0.1, -0.05) is 12.1 Å². The van der Waals surface area contributed by atoms with Gasteiger partial charge in [-0.15, -0.1) is 0 Å². The Hall–Kier alpha value is -2.08. The maximum atomic E-state index is 12.0. The zero-order valence-electron chi connectivity index (χ0n) is 12.3. The SMILES string of the molecule is CC(C)(C)OC(=O)NC1(c2cccc(C(=O)O)c2)COC1. The molecule has 114 valence electrons. The Morgan fingerprint density at radius 3 is 2.48 bits per heavy atom. The van der Waals surface area contributed by atoms with Crippen molar-refractivity contribution in [3.63, 3.8) is 0 Å². The van der Waals surface area contributed by atoms with E-state index in [0.29, 0.717) is 5.56 Å². The van der Waals surface area contributed by atoms with Crippen LogP contribution in [0.15, 0.2) is 24.3 Å². The molecule has 21 heavy (non-hydrogen) atoms. The highest BCUT2D eigenvalue weighted by Crippen LogP contribution is 2.30. The second kappa shape index (κ2) is 5.37. The van der Waals surface area contributed by atoms with E-state index in [2.05, 4.69) is 5.32 Å². The van der Waals surface area contributed by atoms with Crippen LogP contribution < -0.4 is 5.32 Å². The molecule has 0 aliphatic carbocycles. The summed E-state index contributed by atoms with van der Waals surface area (Å²) in [6.45, 7) is 5.91. The van der Waals surface area contributed by atoms with Crippen LogP contribution in [-0.2, 0) is 15.0 Å². The second-order valence-electron chi connectivity index (χ2n) is 6.09. The number of carboxylic acid groups (broad SMARTS) is 1. The van der Waals surface area contributed by atoms with E-state index >= 15 is 0 Å². The normalized spacial score (nSPS) is 16.7. The van der Waals surface area contributed by atoms with Crippen molar-refractivity contribution >= 4 is 12.1 Å². The first-order valence-corrected chi connectivity index (χ1v) is 6.65. The number of carbonyl (C=O) groups excluding carboxylic acids is 1. The Bertz CT molecular complexity index is 557. The van der Waals surface area contributed by atoms with Crippen molar-refractivity contribution < 1.29 is 24.2 Å². The molecular formula is C15H19NO5. The lowest BCUT2D eigenvalue weighted by molar-refractivity contribution is -0.0797. The van der Waals surface area contributed by atoms with Crippen molar-refractivity contribution in [1.29, 1.82) is 0 Å². The van der Waals surface area contributed by atoms with Crippen molar-refractivity contribution in [3.05, 3.63) is 35.4 Å². The third-order valence-corrected chi connectivity index (χ3v) is 3.10. The highest BCUT2D eigenvalue weighted by Gasteiger charge is 2.43. The number of amides is 1. The fourth-order valence-electron chi connectivity index (χ4n) is 2.07. The summed E-state index contributed by atoms with van der Waals surface area (Å²) in [5.41, 5.74) is -0.462. The molecule has 1 aliphatic heterocycles. The first-order chi connectivity index (χ1) is 9.72. The number of ether oxygens (including phenoxy) is 2. The topological polar surface area (TPSA) is 84.9 Å². The lowest BCUT2D eigenvalue weighted by atomic mass is 9.87. The molecule has 6 heteroatoms. The number of hydrogen-bond acceptors (Lipinski definition) is 4.